The number of hydrogen-bond donors (Lipinski definition) is 0. The molecule has 0 N–H and O–H groups in total. The highest BCUT2D eigenvalue weighted by Gasteiger charge is 2.16. The molecule has 0 spiro atoms. The topological polar surface area (TPSA) is 21.7 Å². The quantitative estimate of drug-likeness (QED) is 0.821. The van der Waals surface area contributed by atoms with Crippen molar-refractivity contribution in [3.63, 3.8) is 0 Å². The Labute approximate surface area is 113 Å². The van der Waals surface area contributed by atoms with Crippen LogP contribution in [0.5, 0.6) is 11.5 Å². The lowest BCUT2D eigenvalue weighted by molar-refractivity contribution is 0.174. The van der Waals surface area contributed by atoms with Gasteiger partial charge in [0.15, 0.2) is 11.5 Å². The molecule has 0 amide bonds. The van der Waals surface area contributed by atoms with Crippen LogP contribution in [-0.4, -0.2) is 20.9 Å². The van der Waals surface area contributed by atoms with E-state index in [9.17, 15) is 0 Å². The molecule has 0 saturated heterocycles. The van der Waals surface area contributed by atoms with Gasteiger partial charge in [0, 0.05) is 25.3 Å². The number of hydrogen-bond acceptors (Lipinski definition) is 3. The molecule has 97 valence electrons. The molecule has 0 unspecified atom stereocenters. The minimum absolute atomic E-state index is 0.305. The zero-order valence-electron chi connectivity index (χ0n) is 11.4. The number of benzene rings is 2. The van der Waals surface area contributed by atoms with Crippen molar-refractivity contribution in [3.05, 3.63) is 42.0 Å². The van der Waals surface area contributed by atoms with Gasteiger partial charge in [-0.1, -0.05) is 12.1 Å². The van der Waals surface area contributed by atoms with Crippen molar-refractivity contribution in [2.24, 2.45) is 0 Å². The van der Waals surface area contributed by atoms with Gasteiger partial charge in [-0.25, -0.2) is 0 Å². The standard InChI is InChI=1S/C16H16NO2/c1-11-5-4-6-13(17(2)3)16(11)12-7-8-14-15(9-12)19-10-18-14/h4,6-9H,10H2,1-3H3. The van der Waals surface area contributed by atoms with E-state index < -0.39 is 0 Å². The van der Waals surface area contributed by atoms with Crippen LogP contribution in [-0.2, 0) is 0 Å². The first-order valence-electron chi connectivity index (χ1n) is 6.25. The Bertz CT molecular complexity index is 620. The third-order valence-electron chi connectivity index (χ3n) is 3.32. The van der Waals surface area contributed by atoms with Crippen LogP contribution in [0.3, 0.4) is 0 Å². The summed E-state index contributed by atoms with van der Waals surface area (Å²) in [5.41, 5.74) is 4.62. The Balaban J connectivity index is 2.16. The van der Waals surface area contributed by atoms with E-state index in [1.807, 2.05) is 32.3 Å². The van der Waals surface area contributed by atoms with E-state index in [2.05, 4.69) is 30.0 Å². The zero-order chi connectivity index (χ0) is 13.4. The van der Waals surface area contributed by atoms with Crippen LogP contribution in [0.4, 0.5) is 5.69 Å². The third-order valence-corrected chi connectivity index (χ3v) is 3.32. The summed E-state index contributed by atoms with van der Waals surface area (Å²) in [4.78, 5) is 2.11. The molecule has 0 aliphatic carbocycles. The number of aryl methyl sites for hydroxylation is 1. The van der Waals surface area contributed by atoms with Crippen molar-refractivity contribution < 1.29 is 9.47 Å². The molecule has 3 heteroatoms. The fraction of sp³-hybridized carbons (Fsp3) is 0.250. The van der Waals surface area contributed by atoms with Crippen LogP contribution < -0.4 is 14.4 Å². The molecule has 1 radical (unpaired) electrons. The van der Waals surface area contributed by atoms with Crippen molar-refractivity contribution in [2.45, 2.75) is 6.92 Å². The Morgan fingerprint density at radius 2 is 1.89 bits per heavy atom. The highest BCUT2D eigenvalue weighted by atomic mass is 16.7. The van der Waals surface area contributed by atoms with E-state index in [0.29, 0.717) is 6.79 Å². The van der Waals surface area contributed by atoms with Gasteiger partial charge >= 0.3 is 0 Å². The summed E-state index contributed by atoms with van der Waals surface area (Å²) in [5.74, 6) is 1.62. The maximum absolute atomic E-state index is 5.45. The van der Waals surface area contributed by atoms with Crippen molar-refractivity contribution in [1.29, 1.82) is 0 Å². The van der Waals surface area contributed by atoms with Gasteiger partial charge in [-0.05, 0) is 42.3 Å². The number of ether oxygens (including phenoxy) is 2. The second-order valence-electron chi connectivity index (χ2n) is 4.83. The van der Waals surface area contributed by atoms with Gasteiger partial charge in [0.2, 0.25) is 6.79 Å². The van der Waals surface area contributed by atoms with Crippen LogP contribution in [0.1, 0.15) is 5.56 Å². The van der Waals surface area contributed by atoms with E-state index in [1.165, 1.54) is 11.3 Å². The molecule has 1 aliphatic rings. The van der Waals surface area contributed by atoms with Crippen molar-refractivity contribution >= 4 is 5.69 Å². The maximum Gasteiger partial charge on any atom is 0.231 e. The minimum Gasteiger partial charge on any atom is -0.454 e. The Hall–Kier alpha value is -2.16. The van der Waals surface area contributed by atoms with Crippen LogP contribution >= 0.6 is 0 Å². The third kappa shape index (κ3) is 2.01. The molecular formula is C16H16NO2. The largest absolute Gasteiger partial charge is 0.454 e. The van der Waals surface area contributed by atoms with E-state index in [1.54, 1.807) is 0 Å². The molecule has 3 nitrogen and oxygen atoms in total. The van der Waals surface area contributed by atoms with E-state index >= 15 is 0 Å². The van der Waals surface area contributed by atoms with Gasteiger partial charge in [-0.15, -0.1) is 0 Å². The molecule has 19 heavy (non-hydrogen) atoms. The molecule has 0 atom stereocenters. The summed E-state index contributed by atoms with van der Waals surface area (Å²) >= 11 is 0. The fourth-order valence-electron chi connectivity index (χ4n) is 2.38. The lowest BCUT2D eigenvalue weighted by Gasteiger charge is -2.19. The van der Waals surface area contributed by atoms with E-state index in [4.69, 9.17) is 9.47 Å². The molecule has 3 rings (SSSR count). The number of nitrogens with zero attached hydrogens (tertiary/aromatic N) is 1. The SMILES string of the molecule is Cc1[c]ccc(N(C)C)c1-c1ccc2c(c1)OCO2. The monoisotopic (exact) mass is 254 g/mol. The molecule has 0 aromatic heterocycles. The molecule has 2 aromatic rings. The molecule has 0 fully saturated rings. The highest BCUT2D eigenvalue weighted by Crippen LogP contribution is 2.39. The first kappa shape index (κ1) is 11.9. The van der Waals surface area contributed by atoms with Crippen molar-refractivity contribution in [2.75, 3.05) is 25.8 Å². The molecule has 1 aliphatic heterocycles. The van der Waals surface area contributed by atoms with Crippen LogP contribution in [0, 0.1) is 13.0 Å². The maximum atomic E-state index is 5.45. The van der Waals surface area contributed by atoms with Gasteiger partial charge in [0.1, 0.15) is 0 Å². The Morgan fingerprint density at radius 1 is 1.11 bits per heavy atom. The number of fused-ring (bicyclic) bond motifs is 1. The number of rotatable bonds is 2. The van der Waals surface area contributed by atoms with Crippen LogP contribution in [0.15, 0.2) is 30.3 Å². The summed E-state index contributed by atoms with van der Waals surface area (Å²) in [6.45, 7) is 2.38. The summed E-state index contributed by atoms with van der Waals surface area (Å²) in [6.07, 6.45) is 0. The summed E-state index contributed by atoms with van der Waals surface area (Å²) in [6, 6.07) is 13.4. The summed E-state index contributed by atoms with van der Waals surface area (Å²) in [5, 5.41) is 0. The highest BCUT2D eigenvalue weighted by molar-refractivity contribution is 5.82. The second-order valence-corrected chi connectivity index (χ2v) is 4.83. The Kier molecular flexibility index (Phi) is 2.82. The smallest absolute Gasteiger partial charge is 0.231 e. The normalized spacial score (nSPS) is 12.6. The predicted octanol–water partition coefficient (Wildman–Crippen LogP) is 3.26. The van der Waals surface area contributed by atoms with Crippen LogP contribution in [0.25, 0.3) is 11.1 Å². The lowest BCUT2D eigenvalue weighted by Crippen LogP contribution is -2.10. The van der Waals surface area contributed by atoms with Gasteiger partial charge in [-0.2, -0.15) is 0 Å². The van der Waals surface area contributed by atoms with Crippen molar-refractivity contribution in [3.8, 4) is 22.6 Å². The number of anilines is 1. The first-order valence-corrected chi connectivity index (χ1v) is 6.25. The van der Waals surface area contributed by atoms with Crippen LogP contribution in [0.2, 0.25) is 0 Å². The molecule has 1 heterocycles. The van der Waals surface area contributed by atoms with Gasteiger partial charge in [0.25, 0.3) is 0 Å². The second kappa shape index (κ2) is 4.50. The molecular weight excluding hydrogens is 238 g/mol. The first-order chi connectivity index (χ1) is 9.16. The van der Waals surface area contributed by atoms with E-state index in [-0.39, 0.29) is 0 Å². The molecule has 2 aromatic carbocycles. The molecule has 0 bridgehead atoms. The fourth-order valence-corrected chi connectivity index (χ4v) is 2.38. The summed E-state index contributed by atoms with van der Waals surface area (Å²) < 4.78 is 10.8. The zero-order valence-corrected chi connectivity index (χ0v) is 11.4. The summed E-state index contributed by atoms with van der Waals surface area (Å²) in [7, 11) is 4.09. The average molecular weight is 254 g/mol. The average Bonchev–Trinajstić information content (AvgIpc) is 2.85. The van der Waals surface area contributed by atoms with Gasteiger partial charge in [-0.3, -0.25) is 0 Å². The molecule has 0 saturated carbocycles. The van der Waals surface area contributed by atoms with Crippen molar-refractivity contribution in [1.82, 2.24) is 0 Å². The minimum atomic E-state index is 0.305. The lowest BCUT2D eigenvalue weighted by atomic mass is 9.97. The van der Waals surface area contributed by atoms with E-state index in [0.717, 1.165) is 22.6 Å². The van der Waals surface area contributed by atoms with Gasteiger partial charge < -0.3 is 14.4 Å². The Morgan fingerprint density at radius 3 is 2.68 bits per heavy atom. The predicted molar refractivity (Wildman–Crippen MR) is 75.9 cm³/mol. The van der Waals surface area contributed by atoms with Gasteiger partial charge in [0.05, 0.1) is 0 Å².